The van der Waals surface area contributed by atoms with Gasteiger partial charge in [0.15, 0.2) is 5.13 Å². The number of aromatic nitrogens is 1. The van der Waals surface area contributed by atoms with Gasteiger partial charge in [-0.15, -0.1) is 11.3 Å². The number of thiazole rings is 1. The zero-order chi connectivity index (χ0) is 20.6. The van der Waals surface area contributed by atoms with E-state index in [2.05, 4.69) is 15.2 Å². The summed E-state index contributed by atoms with van der Waals surface area (Å²) >= 11 is 1.53. The number of esters is 1. The lowest BCUT2D eigenvalue weighted by Gasteiger charge is -2.42. The van der Waals surface area contributed by atoms with Crippen molar-refractivity contribution < 1.29 is 14.3 Å². The van der Waals surface area contributed by atoms with Crippen molar-refractivity contribution in [2.24, 2.45) is 5.92 Å². The molecular weight excluding hydrogens is 386 g/mol. The van der Waals surface area contributed by atoms with Crippen LogP contribution in [-0.4, -0.2) is 40.6 Å². The summed E-state index contributed by atoms with van der Waals surface area (Å²) in [4.78, 5) is 32.4. The van der Waals surface area contributed by atoms with E-state index in [0.29, 0.717) is 30.1 Å². The highest BCUT2D eigenvalue weighted by atomic mass is 32.1. The lowest BCUT2D eigenvalue weighted by molar-refractivity contribution is -0.143. The van der Waals surface area contributed by atoms with Crippen LogP contribution in [0.5, 0.6) is 0 Å². The molecule has 2 aliphatic carbocycles. The molecule has 0 saturated heterocycles. The first-order valence-corrected chi connectivity index (χ1v) is 12.1. The van der Waals surface area contributed by atoms with Gasteiger partial charge in [-0.05, 0) is 64.7 Å². The number of nitrogens with one attached hydrogen (secondary N) is 1. The van der Waals surface area contributed by atoms with Gasteiger partial charge in [0.1, 0.15) is 0 Å². The number of anilines is 1. The molecule has 0 bridgehead atoms. The normalized spacial score (nSPS) is 22.8. The molecular formula is C22H35N3O3S. The van der Waals surface area contributed by atoms with E-state index in [4.69, 9.17) is 4.74 Å². The number of carbonyl (C=O) groups is 2. The van der Waals surface area contributed by atoms with Crippen molar-refractivity contribution >= 4 is 28.5 Å². The number of urea groups is 1. The van der Waals surface area contributed by atoms with E-state index in [1.807, 2.05) is 13.8 Å². The van der Waals surface area contributed by atoms with Crippen LogP contribution < -0.4 is 5.32 Å². The predicted octanol–water partition coefficient (Wildman–Crippen LogP) is 5.52. The number of hydrogen-bond acceptors (Lipinski definition) is 5. The van der Waals surface area contributed by atoms with Gasteiger partial charge in [-0.25, -0.2) is 9.78 Å². The molecule has 1 aromatic heterocycles. The smallest absolute Gasteiger partial charge is 0.324 e. The Hall–Kier alpha value is -1.63. The topological polar surface area (TPSA) is 71.5 Å². The number of ether oxygens (including phenoxy) is 1. The van der Waals surface area contributed by atoms with Crippen molar-refractivity contribution in [3.8, 4) is 0 Å². The highest BCUT2D eigenvalue weighted by Crippen LogP contribution is 2.34. The minimum atomic E-state index is -0.0865. The summed E-state index contributed by atoms with van der Waals surface area (Å²) in [6.45, 7) is 4.31. The largest absolute Gasteiger partial charge is 0.466 e. The van der Waals surface area contributed by atoms with Crippen LogP contribution in [0.15, 0.2) is 6.20 Å². The summed E-state index contributed by atoms with van der Waals surface area (Å²) in [6, 6.07) is 0.644. The van der Waals surface area contributed by atoms with Crippen LogP contribution in [0.1, 0.15) is 82.4 Å². The van der Waals surface area contributed by atoms with Crippen LogP contribution >= 0.6 is 11.3 Å². The molecule has 1 aromatic rings. The molecule has 29 heavy (non-hydrogen) atoms. The minimum Gasteiger partial charge on any atom is -0.466 e. The Bertz CT molecular complexity index is 664. The first-order chi connectivity index (χ1) is 14.1. The molecule has 0 atom stereocenters. The van der Waals surface area contributed by atoms with Crippen molar-refractivity contribution in [3.05, 3.63) is 11.1 Å². The van der Waals surface area contributed by atoms with Gasteiger partial charge in [0.25, 0.3) is 0 Å². The molecule has 2 amide bonds. The number of nitrogens with zero attached hydrogens (tertiary/aromatic N) is 2. The molecule has 1 heterocycles. The first kappa shape index (κ1) is 22.1. The summed E-state index contributed by atoms with van der Waals surface area (Å²) in [5.41, 5.74) is 0. The number of amides is 2. The second-order valence-corrected chi connectivity index (χ2v) is 9.66. The van der Waals surface area contributed by atoms with E-state index in [1.54, 1.807) is 6.20 Å². The van der Waals surface area contributed by atoms with Crippen LogP contribution in [0.3, 0.4) is 0 Å². The van der Waals surface area contributed by atoms with E-state index in [0.717, 1.165) is 49.8 Å². The van der Waals surface area contributed by atoms with Crippen LogP contribution in [0, 0.1) is 12.8 Å². The van der Waals surface area contributed by atoms with Gasteiger partial charge in [-0.1, -0.05) is 19.3 Å². The van der Waals surface area contributed by atoms with Gasteiger partial charge in [-0.3, -0.25) is 10.1 Å². The molecule has 162 valence electrons. The van der Waals surface area contributed by atoms with Gasteiger partial charge in [-0.2, -0.15) is 0 Å². The Morgan fingerprint density at radius 2 is 1.83 bits per heavy atom. The lowest BCUT2D eigenvalue weighted by Crippen LogP contribution is -2.51. The molecule has 2 fully saturated rings. The van der Waals surface area contributed by atoms with Gasteiger partial charge in [0.2, 0.25) is 0 Å². The van der Waals surface area contributed by atoms with Gasteiger partial charge >= 0.3 is 12.0 Å². The predicted molar refractivity (Wildman–Crippen MR) is 116 cm³/mol. The average molecular weight is 422 g/mol. The fourth-order valence-electron chi connectivity index (χ4n) is 4.82. The van der Waals surface area contributed by atoms with E-state index in [-0.39, 0.29) is 18.0 Å². The Labute approximate surface area is 178 Å². The van der Waals surface area contributed by atoms with Gasteiger partial charge in [0, 0.05) is 29.6 Å². The summed E-state index contributed by atoms with van der Waals surface area (Å²) in [5, 5.41) is 3.75. The molecule has 3 rings (SSSR count). The number of hydrogen-bond donors (Lipinski definition) is 1. The van der Waals surface area contributed by atoms with E-state index >= 15 is 0 Å². The molecule has 0 unspecified atom stereocenters. The SMILES string of the molecule is CCOC(=O)CCC1CCC(N(C(=O)Nc2ncc(C)s2)C2CCCCC2)CC1. The Morgan fingerprint density at radius 3 is 2.45 bits per heavy atom. The lowest BCUT2D eigenvalue weighted by atomic mass is 9.81. The Morgan fingerprint density at radius 1 is 1.14 bits per heavy atom. The van der Waals surface area contributed by atoms with E-state index in [9.17, 15) is 9.59 Å². The zero-order valence-corrected chi connectivity index (χ0v) is 18.6. The van der Waals surface area contributed by atoms with Crippen molar-refractivity contribution in [2.75, 3.05) is 11.9 Å². The minimum absolute atomic E-state index is 0.0150. The maximum absolute atomic E-state index is 13.2. The third-order valence-electron chi connectivity index (χ3n) is 6.31. The van der Waals surface area contributed by atoms with E-state index < -0.39 is 0 Å². The molecule has 7 heteroatoms. The maximum atomic E-state index is 13.2. The summed E-state index contributed by atoms with van der Waals surface area (Å²) in [5.74, 6) is 0.477. The van der Waals surface area contributed by atoms with Crippen molar-refractivity contribution in [1.29, 1.82) is 0 Å². The third kappa shape index (κ3) is 6.43. The maximum Gasteiger partial charge on any atom is 0.324 e. The monoisotopic (exact) mass is 421 g/mol. The van der Waals surface area contributed by atoms with Crippen molar-refractivity contribution in [1.82, 2.24) is 9.88 Å². The molecule has 0 spiro atoms. The number of carbonyl (C=O) groups excluding carboxylic acids is 2. The highest BCUT2D eigenvalue weighted by molar-refractivity contribution is 7.15. The fraction of sp³-hybridized carbons (Fsp3) is 0.773. The number of rotatable bonds is 7. The molecule has 1 N–H and O–H groups in total. The van der Waals surface area contributed by atoms with Crippen LogP contribution in [0.25, 0.3) is 0 Å². The number of aryl methyl sites for hydroxylation is 1. The van der Waals surface area contributed by atoms with Crippen LogP contribution in [0.2, 0.25) is 0 Å². The zero-order valence-electron chi connectivity index (χ0n) is 17.8. The fourth-order valence-corrected chi connectivity index (χ4v) is 5.48. The molecule has 0 aliphatic heterocycles. The van der Waals surface area contributed by atoms with Crippen LogP contribution in [0.4, 0.5) is 9.93 Å². The average Bonchev–Trinajstić information content (AvgIpc) is 3.13. The molecule has 0 radical (unpaired) electrons. The van der Waals surface area contributed by atoms with Gasteiger partial charge in [0.05, 0.1) is 6.61 Å². The third-order valence-corrected chi connectivity index (χ3v) is 7.14. The highest BCUT2D eigenvalue weighted by Gasteiger charge is 2.34. The van der Waals surface area contributed by atoms with Crippen LogP contribution in [-0.2, 0) is 9.53 Å². The quantitative estimate of drug-likeness (QED) is 0.588. The van der Waals surface area contributed by atoms with E-state index in [1.165, 1.54) is 30.6 Å². The van der Waals surface area contributed by atoms with Crippen molar-refractivity contribution in [3.63, 3.8) is 0 Å². The summed E-state index contributed by atoms with van der Waals surface area (Å²) in [6.07, 6.45) is 13.3. The standard InChI is InChI=1S/C22H35N3O3S/c1-3-28-20(26)14-11-17-9-12-19(13-10-17)25(18-7-5-4-6-8-18)22(27)24-21-23-15-16(2)29-21/h15,17-19H,3-14H2,1-2H3,(H,23,24,27). The second-order valence-electron chi connectivity index (χ2n) is 8.42. The molecule has 6 nitrogen and oxygen atoms in total. The Kier molecular flexibility index (Phi) is 8.33. The summed E-state index contributed by atoms with van der Waals surface area (Å²) in [7, 11) is 0. The molecule has 0 aromatic carbocycles. The molecule has 2 saturated carbocycles. The molecule has 2 aliphatic rings. The Balaban J connectivity index is 1.58. The van der Waals surface area contributed by atoms with Gasteiger partial charge < -0.3 is 9.64 Å². The summed E-state index contributed by atoms with van der Waals surface area (Å²) < 4.78 is 5.06. The second kappa shape index (κ2) is 11.0. The van der Waals surface area contributed by atoms with Crippen molar-refractivity contribution in [2.45, 2.75) is 96.6 Å². The first-order valence-electron chi connectivity index (χ1n) is 11.2.